The van der Waals surface area contributed by atoms with E-state index in [2.05, 4.69) is 32.7 Å². The van der Waals surface area contributed by atoms with Gasteiger partial charge in [-0.25, -0.2) is 14.5 Å². The number of aromatic nitrogens is 4. The highest BCUT2D eigenvalue weighted by atomic mass is 16.5. The summed E-state index contributed by atoms with van der Waals surface area (Å²) in [5.41, 5.74) is 4.29. The fraction of sp³-hybridized carbons (Fsp3) is 0.560. The van der Waals surface area contributed by atoms with Crippen LogP contribution in [-0.4, -0.2) is 69.8 Å². The molecule has 0 amide bonds. The Hall–Kier alpha value is -2.75. The molecule has 2 aliphatic rings. The molecule has 9 nitrogen and oxygen atoms in total. The zero-order chi connectivity index (χ0) is 23.5. The molecule has 0 bridgehead atoms. The second-order valence-electron chi connectivity index (χ2n) is 9.50. The molecule has 182 valence electrons. The fourth-order valence-electron chi connectivity index (χ4n) is 5.02. The highest BCUT2D eigenvalue weighted by Gasteiger charge is 2.26. The monoisotopic (exact) mass is 466 g/mol. The van der Waals surface area contributed by atoms with Crippen LogP contribution < -0.4 is 10.6 Å². The van der Waals surface area contributed by atoms with Crippen molar-refractivity contribution in [3.63, 3.8) is 0 Å². The van der Waals surface area contributed by atoms with Crippen molar-refractivity contribution in [2.75, 3.05) is 37.6 Å². The van der Waals surface area contributed by atoms with Crippen molar-refractivity contribution >= 4 is 17.3 Å². The van der Waals surface area contributed by atoms with Crippen LogP contribution in [0.3, 0.4) is 0 Å². The maximum atomic E-state index is 10.0. The van der Waals surface area contributed by atoms with Gasteiger partial charge in [0.1, 0.15) is 5.82 Å². The molecule has 3 aromatic heterocycles. The van der Waals surface area contributed by atoms with Crippen molar-refractivity contribution in [2.45, 2.75) is 63.1 Å². The molecule has 3 N–H and O–H groups in total. The van der Waals surface area contributed by atoms with Crippen LogP contribution >= 0.6 is 0 Å². The summed E-state index contributed by atoms with van der Waals surface area (Å²) in [5.74, 6) is 1.77. The van der Waals surface area contributed by atoms with Crippen molar-refractivity contribution in [1.82, 2.24) is 19.6 Å². The van der Waals surface area contributed by atoms with Gasteiger partial charge in [0.15, 0.2) is 0 Å². The third-order valence-electron chi connectivity index (χ3n) is 6.80. The lowest BCUT2D eigenvalue weighted by Gasteiger charge is -2.25. The Morgan fingerprint density at radius 1 is 1.21 bits per heavy atom. The number of anilines is 2. The van der Waals surface area contributed by atoms with E-state index in [1.807, 2.05) is 29.9 Å². The third kappa shape index (κ3) is 5.01. The van der Waals surface area contributed by atoms with E-state index in [4.69, 9.17) is 14.6 Å². The van der Waals surface area contributed by atoms with Crippen LogP contribution in [0.5, 0.6) is 0 Å². The number of hydrogen-bond acceptors (Lipinski definition) is 8. The van der Waals surface area contributed by atoms with Crippen molar-refractivity contribution < 1.29 is 14.6 Å². The van der Waals surface area contributed by atoms with Gasteiger partial charge in [-0.3, -0.25) is 0 Å². The number of ether oxygens (including phenoxy) is 2. The Labute approximate surface area is 199 Å². The van der Waals surface area contributed by atoms with Crippen LogP contribution in [0.15, 0.2) is 30.6 Å². The summed E-state index contributed by atoms with van der Waals surface area (Å²) in [4.78, 5) is 9.13. The Bertz CT molecular complexity index is 1110. The van der Waals surface area contributed by atoms with Gasteiger partial charge in [0.2, 0.25) is 5.95 Å². The molecular formula is C25H34N6O3. The van der Waals surface area contributed by atoms with Crippen LogP contribution in [0, 0.1) is 0 Å². The van der Waals surface area contributed by atoms with E-state index in [0.29, 0.717) is 31.1 Å². The minimum absolute atomic E-state index is 0.0964. The largest absolute Gasteiger partial charge is 0.393 e. The van der Waals surface area contributed by atoms with Crippen molar-refractivity contribution in [1.29, 1.82) is 0 Å². The first kappa shape index (κ1) is 23.0. The fourth-order valence-corrected chi connectivity index (χ4v) is 5.02. The molecule has 0 radical (unpaired) electrons. The molecule has 3 aromatic rings. The predicted octanol–water partition coefficient (Wildman–Crippen LogP) is 3.46. The maximum Gasteiger partial charge on any atom is 0.241 e. The van der Waals surface area contributed by atoms with E-state index in [-0.39, 0.29) is 12.1 Å². The lowest BCUT2D eigenvalue weighted by Crippen LogP contribution is -2.23. The van der Waals surface area contributed by atoms with Gasteiger partial charge in [-0.2, -0.15) is 0 Å². The highest BCUT2D eigenvalue weighted by molar-refractivity contribution is 5.82. The van der Waals surface area contributed by atoms with Gasteiger partial charge in [0.25, 0.3) is 0 Å². The third-order valence-corrected chi connectivity index (χ3v) is 6.80. The molecule has 1 aliphatic heterocycles. The van der Waals surface area contributed by atoms with E-state index < -0.39 is 0 Å². The summed E-state index contributed by atoms with van der Waals surface area (Å²) in [7, 11) is 1.69. The van der Waals surface area contributed by atoms with Crippen molar-refractivity contribution in [3.05, 3.63) is 36.3 Å². The Balaban J connectivity index is 1.51. The lowest BCUT2D eigenvalue weighted by molar-refractivity contribution is 0.121. The molecule has 9 heteroatoms. The predicted molar refractivity (Wildman–Crippen MR) is 131 cm³/mol. The average molecular weight is 467 g/mol. The van der Waals surface area contributed by atoms with Crippen LogP contribution in [0.25, 0.3) is 16.6 Å². The summed E-state index contributed by atoms with van der Waals surface area (Å²) in [6.45, 7) is 4.12. The summed E-state index contributed by atoms with van der Waals surface area (Å²) < 4.78 is 12.8. The van der Waals surface area contributed by atoms with Crippen LogP contribution in [-0.2, 0) is 9.47 Å². The number of fused-ring (bicyclic) bond motifs is 1. The SMILES string of the molecule is COC[C@H](C)Nc1ncc2c(-c3ccnc(N[C@H]4CCOC4)c3)cc(C3CCC(O)CC3)n2n1. The van der Waals surface area contributed by atoms with E-state index >= 15 is 0 Å². The molecule has 2 fully saturated rings. The zero-order valence-corrected chi connectivity index (χ0v) is 19.9. The first-order valence-corrected chi connectivity index (χ1v) is 12.2. The molecule has 0 spiro atoms. The highest BCUT2D eigenvalue weighted by Crippen LogP contribution is 2.38. The topological polar surface area (TPSA) is 106 Å². The molecular weight excluding hydrogens is 432 g/mol. The summed E-state index contributed by atoms with van der Waals surface area (Å²) in [6.07, 6.45) is 8.07. The molecule has 5 rings (SSSR count). The molecule has 0 aromatic carbocycles. The standard InChI is InChI=1S/C25H34N6O3/c1-16(14-33-2)28-25-27-13-23-21(12-22(31(23)30-25)17-3-5-20(32)6-4-17)18-7-9-26-24(11-18)29-19-8-10-34-15-19/h7,9,11-13,16-17,19-20,32H,3-6,8,10,14-15H2,1-2H3,(H,26,29)(H,28,30)/t16-,17?,19-,20?/m0/s1. The number of hydrogen-bond donors (Lipinski definition) is 3. The number of rotatable bonds is 8. The van der Waals surface area contributed by atoms with Gasteiger partial charge in [-0.05, 0) is 62.8 Å². The number of aliphatic hydroxyl groups is 1. The number of methoxy groups -OCH3 is 1. The smallest absolute Gasteiger partial charge is 0.241 e. The quantitative estimate of drug-likeness (QED) is 0.464. The van der Waals surface area contributed by atoms with E-state index in [9.17, 15) is 5.11 Å². The summed E-state index contributed by atoms with van der Waals surface area (Å²) in [5, 5.41) is 21.7. The number of nitrogens with zero attached hydrogens (tertiary/aromatic N) is 4. The van der Waals surface area contributed by atoms with E-state index in [1.165, 1.54) is 0 Å². The minimum Gasteiger partial charge on any atom is -0.393 e. The molecule has 4 heterocycles. The minimum atomic E-state index is -0.197. The molecule has 34 heavy (non-hydrogen) atoms. The van der Waals surface area contributed by atoms with Gasteiger partial charge in [-0.15, -0.1) is 5.10 Å². The number of pyridine rings is 1. The number of aliphatic hydroxyl groups excluding tert-OH is 1. The number of nitrogens with one attached hydrogen (secondary N) is 2. The Morgan fingerprint density at radius 3 is 2.82 bits per heavy atom. The molecule has 0 unspecified atom stereocenters. The first-order chi connectivity index (χ1) is 16.6. The Kier molecular flexibility index (Phi) is 6.94. The van der Waals surface area contributed by atoms with Gasteiger partial charge in [0, 0.05) is 43.1 Å². The molecule has 2 atom stereocenters. The van der Waals surface area contributed by atoms with E-state index in [0.717, 1.165) is 66.9 Å². The second kappa shape index (κ2) is 10.2. The van der Waals surface area contributed by atoms with Gasteiger partial charge < -0.3 is 25.2 Å². The van der Waals surface area contributed by atoms with Gasteiger partial charge in [-0.1, -0.05) is 0 Å². The van der Waals surface area contributed by atoms with E-state index in [1.54, 1.807) is 7.11 Å². The normalized spacial score (nSPS) is 23.8. The average Bonchev–Trinajstić information content (AvgIpc) is 3.48. The molecule has 1 aliphatic carbocycles. The van der Waals surface area contributed by atoms with Gasteiger partial charge in [0.05, 0.1) is 37.1 Å². The van der Waals surface area contributed by atoms with Gasteiger partial charge >= 0.3 is 0 Å². The zero-order valence-electron chi connectivity index (χ0n) is 19.9. The second-order valence-corrected chi connectivity index (χ2v) is 9.50. The van der Waals surface area contributed by atoms with Crippen LogP contribution in [0.2, 0.25) is 0 Å². The van der Waals surface area contributed by atoms with Crippen molar-refractivity contribution in [2.24, 2.45) is 0 Å². The summed E-state index contributed by atoms with van der Waals surface area (Å²) in [6, 6.07) is 6.76. The molecule has 1 saturated carbocycles. The van der Waals surface area contributed by atoms with Crippen LogP contribution in [0.4, 0.5) is 11.8 Å². The lowest BCUT2D eigenvalue weighted by atomic mass is 9.85. The van der Waals surface area contributed by atoms with Crippen molar-refractivity contribution in [3.8, 4) is 11.1 Å². The maximum absolute atomic E-state index is 10.0. The Morgan fingerprint density at radius 2 is 2.06 bits per heavy atom. The van der Waals surface area contributed by atoms with Crippen LogP contribution in [0.1, 0.15) is 50.6 Å². The molecule has 1 saturated heterocycles. The first-order valence-electron chi connectivity index (χ1n) is 12.2. The summed E-state index contributed by atoms with van der Waals surface area (Å²) >= 11 is 0.